The van der Waals surface area contributed by atoms with E-state index in [0.717, 1.165) is 0 Å². The number of anilines is 6. The molecular formula is C54H42N2S2Si2. The largest absolute Gasteiger partial charge is 0.311 e. The molecule has 0 amide bonds. The van der Waals surface area contributed by atoms with Crippen LogP contribution in [-0.2, 0) is 0 Å². The maximum absolute atomic E-state index is 2.58. The first kappa shape index (κ1) is 34.2. The van der Waals surface area contributed by atoms with Gasteiger partial charge in [0.1, 0.15) is 16.1 Å². The van der Waals surface area contributed by atoms with E-state index in [0.29, 0.717) is 0 Å². The average Bonchev–Trinajstić information content (AvgIpc) is 4.13. The van der Waals surface area contributed by atoms with Crippen LogP contribution in [0.15, 0.2) is 158 Å². The molecule has 10 aromatic rings. The van der Waals surface area contributed by atoms with Crippen LogP contribution in [0.2, 0.25) is 24.2 Å². The Bertz CT molecular complexity index is 3110. The van der Waals surface area contributed by atoms with E-state index in [-0.39, 0.29) is 0 Å². The molecule has 0 atom stereocenters. The van der Waals surface area contributed by atoms with Crippen LogP contribution in [0.4, 0.5) is 34.1 Å². The summed E-state index contributed by atoms with van der Waals surface area (Å²) in [5.41, 5.74) is 8.14. The zero-order valence-corrected chi connectivity index (χ0v) is 37.0. The van der Waals surface area contributed by atoms with Gasteiger partial charge in [0.05, 0.1) is 0 Å². The van der Waals surface area contributed by atoms with Gasteiger partial charge in [-0.2, -0.15) is 0 Å². The average molecular weight is 839 g/mol. The molecule has 0 unspecified atom stereocenters. The van der Waals surface area contributed by atoms with Crippen molar-refractivity contribution in [1.29, 1.82) is 0 Å². The Morgan fingerprint density at radius 1 is 0.333 bits per heavy atom. The van der Waals surface area contributed by atoms with Crippen molar-refractivity contribution < 1.29 is 0 Å². The molecule has 4 aliphatic rings. The fourth-order valence-corrected chi connectivity index (χ4v) is 26.0. The molecule has 2 fully saturated rings. The van der Waals surface area contributed by atoms with E-state index in [1.165, 1.54) is 135 Å². The first-order valence-electron chi connectivity index (χ1n) is 21.9. The van der Waals surface area contributed by atoms with Gasteiger partial charge in [-0.3, -0.25) is 0 Å². The summed E-state index contributed by atoms with van der Waals surface area (Å²) in [6, 6.07) is 67.2. The standard InChI is InChI=1S/C54H42N2S2Si2/c1-5-17-49-41(13-1)55(42-14-2-6-18-50(42)59(49)29-9-10-30-59)35-21-23-39-47(33-35)57-45-27-25-38-37(53(39)45)26-28-46-54(38)40-24-22-36(34-48(40)58-46)56-43-15-3-7-19-51(43)60(31-11-12-32-60)52-20-8-4-16-44(52)56/h1-8,13-28,33-34H,9-12,29-32H2. The van der Waals surface area contributed by atoms with Crippen molar-refractivity contribution in [2.24, 2.45) is 0 Å². The molecular weight excluding hydrogens is 797 g/mol. The molecule has 0 bridgehead atoms. The molecule has 2 saturated heterocycles. The Kier molecular flexibility index (Phi) is 7.14. The third-order valence-corrected chi connectivity index (χ3v) is 28.0. The molecule has 2 nitrogen and oxygen atoms in total. The third-order valence-electron chi connectivity index (χ3n) is 15.1. The molecule has 8 aromatic carbocycles. The molecule has 0 N–H and O–H groups in total. The molecule has 60 heavy (non-hydrogen) atoms. The van der Waals surface area contributed by atoms with E-state index >= 15 is 0 Å². The minimum atomic E-state index is -1.77. The van der Waals surface area contributed by atoms with E-state index in [2.05, 4.69) is 168 Å². The fourth-order valence-electron chi connectivity index (χ4n) is 12.6. The number of thiophene rings is 2. The van der Waals surface area contributed by atoms with E-state index < -0.39 is 16.1 Å². The van der Waals surface area contributed by atoms with E-state index in [9.17, 15) is 0 Å². The highest BCUT2D eigenvalue weighted by atomic mass is 32.1. The van der Waals surface area contributed by atoms with Gasteiger partial charge in [0.2, 0.25) is 0 Å². The van der Waals surface area contributed by atoms with Crippen LogP contribution in [0.5, 0.6) is 0 Å². The van der Waals surface area contributed by atoms with Gasteiger partial charge in [-0.05, 0) is 116 Å². The number of nitrogens with zero attached hydrogens (tertiary/aromatic N) is 2. The lowest BCUT2D eigenvalue weighted by Gasteiger charge is -2.42. The van der Waals surface area contributed by atoms with Crippen molar-refractivity contribution >= 4 is 145 Å². The predicted octanol–water partition coefficient (Wildman–Crippen LogP) is 13.9. The van der Waals surface area contributed by atoms with Gasteiger partial charge in [0.25, 0.3) is 0 Å². The molecule has 2 spiro atoms. The van der Waals surface area contributed by atoms with Crippen molar-refractivity contribution in [2.75, 3.05) is 9.80 Å². The molecule has 288 valence electrons. The van der Waals surface area contributed by atoms with Crippen LogP contribution in [-0.4, -0.2) is 16.1 Å². The van der Waals surface area contributed by atoms with Crippen LogP contribution in [0.1, 0.15) is 25.7 Å². The highest BCUT2D eigenvalue weighted by Crippen LogP contribution is 2.49. The number of hydrogen-bond donors (Lipinski definition) is 0. The van der Waals surface area contributed by atoms with Crippen molar-refractivity contribution in [3.8, 4) is 0 Å². The molecule has 0 aliphatic carbocycles. The van der Waals surface area contributed by atoms with Crippen LogP contribution in [0.25, 0.3) is 51.1 Å². The highest BCUT2D eigenvalue weighted by molar-refractivity contribution is 7.26. The second kappa shape index (κ2) is 12.5. The molecule has 0 radical (unpaired) electrons. The maximum Gasteiger partial charge on any atom is 0.123 e. The fraction of sp³-hybridized carbons (Fsp3) is 0.148. The SMILES string of the molecule is c1ccc2c(c1)N(c1ccc3c(c1)sc1ccc4c(ccc5sc6cc(N7c8ccccc8[Si]8(CCCC8)c8ccccc87)ccc6c54)c13)c1ccccc1[Si]21CCCC1. The van der Waals surface area contributed by atoms with Crippen LogP contribution >= 0.6 is 22.7 Å². The van der Waals surface area contributed by atoms with Gasteiger partial charge in [-0.1, -0.05) is 123 Å². The monoisotopic (exact) mass is 838 g/mol. The third kappa shape index (κ3) is 4.47. The van der Waals surface area contributed by atoms with Gasteiger partial charge < -0.3 is 9.80 Å². The van der Waals surface area contributed by atoms with Crippen molar-refractivity contribution in [1.82, 2.24) is 0 Å². The van der Waals surface area contributed by atoms with E-state index in [4.69, 9.17) is 0 Å². The minimum absolute atomic E-state index is 1.27. The van der Waals surface area contributed by atoms with Crippen LogP contribution < -0.4 is 30.5 Å². The number of rotatable bonds is 2. The quantitative estimate of drug-likeness (QED) is 0.160. The smallest absolute Gasteiger partial charge is 0.123 e. The Labute approximate surface area is 360 Å². The molecule has 2 aromatic heterocycles. The highest BCUT2D eigenvalue weighted by Gasteiger charge is 2.48. The summed E-state index contributed by atoms with van der Waals surface area (Å²) in [6.07, 6.45) is 5.43. The number of benzene rings is 8. The number of hydrogen-bond acceptors (Lipinski definition) is 4. The predicted molar refractivity (Wildman–Crippen MR) is 267 cm³/mol. The Morgan fingerprint density at radius 3 is 1.03 bits per heavy atom. The second-order valence-corrected chi connectivity index (χ2v) is 28.5. The van der Waals surface area contributed by atoms with Crippen molar-refractivity contribution in [3.05, 3.63) is 158 Å². The summed E-state index contributed by atoms with van der Waals surface area (Å²) in [6.45, 7) is 0. The van der Waals surface area contributed by atoms with E-state index in [1.807, 2.05) is 22.7 Å². The van der Waals surface area contributed by atoms with Crippen molar-refractivity contribution in [3.63, 3.8) is 0 Å². The minimum Gasteiger partial charge on any atom is -0.311 e. The first-order chi connectivity index (χ1) is 29.7. The Morgan fingerprint density at radius 2 is 0.667 bits per heavy atom. The molecule has 0 saturated carbocycles. The summed E-state index contributed by atoms with van der Waals surface area (Å²) in [5, 5.41) is 14.7. The first-order valence-corrected chi connectivity index (χ1v) is 28.4. The molecule has 14 rings (SSSR count). The lowest BCUT2D eigenvalue weighted by Crippen LogP contribution is -2.60. The summed E-state index contributed by atoms with van der Waals surface area (Å²) in [5.74, 6) is 0. The van der Waals surface area contributed by atoms with Gasteiger partial charge in [0.15, 0.2) is 0 Å². The topological polar surface area (TPSA) is 6.48 Å². The van der Waals surface area contributed by atoms with Gasteiger partial charge in [0, 0.05) is 74.5 Å². The summed E-state index contributed by atoms with van der Waals surface area (Å²) in [4.78, 5) is 5.16. The number of para-hydroxylation sites is 4. The van der Waals surface area contributed by atoms with Crippen LogP contribution in [0, 0.1) is 0 Å². The summed E-state index contributed by atoms with van der Waals surface area (Å²) in [7, 11) is -3.54. The molecule has 6 heteroatoms. The molecule has 6 heterocycles. The van der Waals surface area contributed by atoms with Gasteiger partial charge in [-0.25, -0.2) is 0 Å². The van der Waals surface area contributed by atoms with E-state index in [1.54, 1.807) is 20.7 Å². The van der Waals surface area contributed by atoms with Gasteiger partial charge in [-0.15, -0.1) is 22.7 Å². The zero-order valence-electron chi connectivity index (χ0n) is 33.4. The van der Waals surface area contributed by atoms with Gasteiger partial charge >= 0.3 is 0 Å². The molecule has 4 aliphatic heterocycles. The lowest BCUT2D eigenvalue weighted by atomic mass is 9.99. The summed E-state index contributed by atoms with van der Waals surface area (Å²) < 4.78 is 5.43. The lowest BCUT2D eigenvalue weighted by molar-refractivity contribution is 0.935. The maximum atomic E-state index is 2.58. The zero-order chi connectivity index (χ0) is 39.2. The normalized spacial score (nSPS) is 17.3. The van der Waals surface area contributed by atoms with Crippen molar-refractivity contribution in [2.45, 2.75) is 49.9 Å². The number of fused-ring (bicyclic) bond motifs is 17. The summed E-state index contributed by atoms with van der Waals surface area (Å²) >= 11 is 3.89. The Balaban J connectivity index is 0.907. The Hall–Kier alpha value is -5.51. The second-order valence-electron chi connectivity index (χ2n) is 17.9. The van der Waals surface area contributed by atoms with Crippen LogP contribution in [0.3, 0.4) is 0 Å².